The van der Waals surface area contributed by atoms with E-state index >= 15 is 0 Å². The average Bonchev–Trinajstić information content (AvgIpc) is 2.85. The van der Waals surface area contributed by atoms with Crippen molar-refractivity contribution in [2.75, 3.05) is 32.1 Å². The molecular weight excluding hydrogens is 465 g/mol. The molecule has 1 aliphatic rings. The van der Waals surface area contributed by atoms with Crippen LogP contribution in [0, 0.1) is 11.7 Å². The number of nitrogens with zero attached hydrogens (tertiary/aromatic N) is 1. The largest absolute Gasteiger partial charge is 0.462 e. The summed E-state index contributed by atoms with van der Waals surface area (Å²) in [6.45, 7) is 2.19. The molecule has 11 heteroatoms. The van der Waals surface area contributed by atoms with E-state index in [4.69, 9.17) is 4.74 Å². The van der Waals surface area contributed by atoms with E-state index in [1.54, 1.807) is 6.92 Å². The lowest BCUT2D eigenvalue weighted by molar-refractivity contribution is -0.120. The molecule has 0 spiro atoms. The predicted octanol–water partition coefficient (Wildman–Crippen LogP) is 2.40. The summed E-state index contributed by atoms with van der Waals surface area (Å²) in [4.78, 5) is 36.2. The van der Waals surface area contributed by atoms with Crippen molar-refractivity contribution in [3.63, 3.8) is 0 Å². The van der Waals surface area contributed by atoms with Crippen LogP contribution in [0.25, 0.3) is 0 Å². The van der Waals surface area contributed by atoms with E-state index in [0.29, 0.717) is 12.8 Å². The zero-order chi connectivity index (χ0) is 24.9. The highest BCUT2D eigenvalue weighted by Gasteiger charge is 2.32. The third-order valence-corrected chi connectivity index (χ3v) is 7.45. The molecular formula is C23H26FN3O6S. The van der Waals surface area contributed by atoms with Crippen LogP contribution >= 0.6 is 0 Å². The second-order valence-electron chi connectivity index (χ2n) is 7.69. The van der Waals surface area contributed by atoms with Gasteiger partial charge in [0.05, 0.1) is 22.6 Å². The van der Waals surface area contributed by atoms with Gasteiger partial charge in [0.15, 0.2) is 0 Å². The maximum atomic E-state index is 13.8. The monoisotopic (exact) mass is 491 g/mol. The van der Waals surface area contributed by atoms with Gasteiger partial charge in [-0.1, -0.05) is 0 Å². The van der Waals surface area contributed by atoms with Crippen LogP contribution in [-0.4, -0.2) is 57.3 Å². The van der Waals surface area contributed by atoms with E-state index in [2.05, 4.69) is 10.6 Å². The standard InChI is InChI=1S/C23H26FN3O6S/c1-3-33-23(30)16-4-7-18(8-5-16)34(31,32)27-12-10-15(11-13-27)21(28)26-17-6-9-20(24)19(14-17)22(29)25-2/h4-9,14-15H,3,10-13H2,1-2H3,(H,25,29)(H,26,28). The van der Waals surface area contributed by atoms with Crippen molar-refractivity contribution in [1.82, 2.24) is 9.62 Å². The first-order chi connectivity index (χ1) is 16.2. The minimum absolute atomic E-state index is 0.0523. The number of halogens is 1. The maximum absolute atomic E-state index is 13.8. The number of ether oxygens (including phenoxy) is 1. The molecule has 0 aliphatic carbocycles. The highest BCUT2D eigenvalue weighted by Crippen LogP contribution is 2.26. The molecule has 182 valence electrons. The summed E-state index contributed by atoms with van der Waals surface area (Å²) in [5.74, 6) is -2.60. The summed E-state index contributed by atoms with van der Waals surface area (Å²) in [5, 5.41) is 5.01. The van der Waals surface area contributed by atoms with Crippen molar-refractivity contribution in [3.05, 3.63) is 59.4 Å². The van der Waals surface area contributed by atoms with Crippen molar-refractivity contribution < 1.29 is 31.9 Å². The number of carbonyl (C=O) groups is 3. The number of hydrogen-bond acceptors (Lipinski definition) is 6. The van der Waals surface area contributed by atoms with Crippen molar-refractivity contribution >= 4 is 33.5 Å². The Morgan fingerprint density at radius 2 is 1.74 bits per heavy atom. The first-order valence-electron chi connectivity index (χ1n) is 10.8. The predicted molar refractivity (Wildman–Crippen MR) is 122 cm³/mol. The Labute approximate surface area is 197 Å². The second kappa shape index (κ2) is 10.7. The van der Waals surface area contributed by atoms with E-state index in [-0.39, 0.29) is 47.3 Å². The molecule has 2 aromatic rings. The number of esters is 1. The van der Waals surface area contributed by atoms with Gasteiger partial charge >= 0.3 is 5.97 Å². The highest BCUT2D eigenvalue weighted by atomic mass is 32.2. The van der Waals surface area contributed by atoms with Gasteiger partial charge in [-0.25, -0.2) is 17.6 Å². The molecule has 0 bridgehead atoms. The zero-order valence-electron chi connectivity index (χ0n) is 18.8. The van der Waals surface area contributed by atoms with Crippen LogP contribution in [0.1, 0.15) is 40.5 Å². The smallest absolute Gasteiger partial charge is 0.338 e. The number of nitrogens with one attached hydrogen (secondary N) is 2. The van der Waals surface area contributed by atoms with E-state index in [1.165, 1.54) is 47.8 Å². The van der Waals surface area contributed by atoms with Gasteiger partial charge in [-0.15, -0.1) is 0 Å². The molecule has 1 saturated heterocycles. The van der Waals surface area contributed by atoms with Gasteiger partial charge in [-0.3, -0.25) is 9.59 Å². The third-order valence-electron chi connectivity index (χ3n) is 5.53. The van der Waals surface area contributed by atoms with Crippen LogP contribution in [0.15, 0.2) is 47.4 Å². The molecule has 1 fully saturated rings. The Kier molecular flexibility index (Phi) is 8.00. The number of rotatable bonds is 7. The fraction of sp³-hybridized carbons (Fsp3) is 0.348. The van der Waals surface area contributed by atoms with E-state index in [9.17, 15) is 27.2 Å². The van der Waals surface area contributed by atoms with Gasteiger partial charge in [0, 0.05) is 31.7 Å². The molecule has 0 atom stereocenters. The SMILES string of the molecule is CCOC(=O)c1ccc(S(=O)(=O)N2CCC(C(=O)Nc3ccc(F)c(C(=O)NC)c3)CC2)cc1. The minimum atomic E-state index is -3.78. The number of sulfonamides is 1. The summed E-state index contributed by atoms with van der Waals surface area (Å²) in [6.07, 6.45) is 0.602. The molecule has 2 aromatic carbocycles. The lowest BCUT2D eigenvalue weighted by atomic mass is 9.97. The molecule has 0 unspecified atom stereocenters. The quantitative estimate of drug-likeness (QED) is 0.574. The Bertz CT molecular complexity index is 1180. The number of hydrogen-bond donors (Lipinski definition) is 2. The number of piperidine rings is 1. The number of benzene rings is 2. The molecule has 34 heavy (non-hydrogen) atoms. The summed E-state index contributed by atoms with van der Waals surface area (Å²) >= 11 is 0. The molecule has 0 radical (unpaired) electrons. The summed E-state index contributed by atoms with van der Waals surface area (Å²) in [6, 6.07) is 9.24. The third kappa shape index (κ3) is 5.60. The van der Waals surface area contributed by atoms with Crippen LogP contribution in [0.5, 0.6) is 0 Å². The zero-order valence-corrected chi connectivity index (χ0v) is 19.7. The summed E-state index contributed by atoms with van der Waals surface area (Å²) in [5.41, 5.74) is 0.355. The van der Waals surface area contributed by atoms with Gasteiger partial charge < -0.3 is 15.4 Å². The second-order valence-corrected chi connectivity index (χ2v) is 9.62. The lowest BCUT2D eigenvalue weighted by Crippen LogP contribution is -2.41. The van der Waals surface area contributed by atoms with Gasteiger partial charge in [0.25, 0.3) is 5.91 Å². The fourth-order valence-electron chi connectivity index (χ4n) is 3.64. The first-order valence-corrected chi connectivity index (χ1v) is 12.2. The van der Waals surface area contributed by atoms with E-state index < -0.39 is 33.6 Å². The molecule has 2 amide bonds. The van der Waals surface area contributed by atoms with Crippen molar-refractivity contribution in [3.8, 4) is 0 Å². The van der Waals surface area contributed by atoms with Gasteiger partial charge in [-0.05, 0) is 62.2 Å². The average molecular weight is 492 g/mol. The van der Waals surface area contributed by atoms with E-state index in [1.807, 2.05) is 0 Å². The van der Waals surface area contributed by atoms with Crippen molar-refractivity contribution in [1.29, 1.82) is 0 Å². The Morgan fingerprint density at radius 1 is 1.09 bits per heavy atom. The fourth-order valence-corrected chi connectivity index (χ4v) is 5.11. The van der Waals surface area contributed by atoms with Crippen LogP contribution in [0.3, 0.4) is 0 Å². The molecule has 1 heterocycles. The number of carbonyl (C=O) groups excluding carboxylic acids is 3. The topological polar surface area (TPSA) is 122 Å². The molecule has 3 rings (SSSR count). The first kappa shape index (κ1) is 25.3. The maximum Gasteiger partial charge on any atom is 0.338 e. The summed E-state index contributed by atoms with van der Waals surface area (Å²) in [7, 11) is -2.41. The van der Waals surface area contributed by atoms with Gasteiger partial charge in [0.2, 0.25) is 15.9 Å². The number of amides is 2. The normalized spacial score (nSPS) is 14.9. The summed E-state index contributed by atoms with van der Waals surface area (Å²) < 4.78 is 46.0. The van der Waals surface area contributed by atoms with Crippen molar-refractivity contribution in [2.45, 2.75) is 24.7 Å². The molecule has 9 nitrogen and oxygen atoms in total. The molecule has 0 aromatic heterocycles. The minimum Gasteiger partial charge on any atom is -0.462 e. The van der Waals surface area contributed by atoms with E-state index in [0.717, 1.165) is 6.07 Å². The van der Waals surface area contributed by atoms with Crippen LogP contribution < -0.4 is 10.6 Å². The number of anilines is 1. The van der Waals surface area contributed by atoms with Gasteiger partial charge in [-0.2, -0.15) is 4.31 Å². The molecule has 1 aliphatic heterocycles. The Morgan fingerprint density at radius 3 is 2.32 bits per heavy atom. The molecule has 0 saturated carbocycles. The van der Waals surface area contributed by atoms with Crippen LogP contribution in [-0.2, 0) is 19.6 Å². The van der Waals surface area contributed by atoms with Gasteiger partial charge in [0.1, 0.15) is 5.82 Å². The Hall–Kier alpha value is -3.31. The Balaban J connectivity index is 1.62. The lowest BCUT2D eigenvalue weighted by Gasteiger charge is -2.30. The van der Waals surface area contributed by atoms with Crippen molar-refractivity contribution in [2.24, 2.45) is 5.92 Å². The van der Waals surface area contributed by atoms with Crippen LogP contribution in [0.4, 0.5) is 10.1 Å². The molecule has 2 N–H and O–H groups in total. The highest BCUT2D eigenvalue weighted by molar-refractivity contribution is 7.89. The van der Waals surface area contributed by atoms with Crippen LogP contribution in [0.2, 0.25) is 0 Å².